The zero-order chi connectivity index (χ0) is 14.2. The van der Waals surface area contributed by atoms with Gasteiger partial charge in [0.25, 0.3) is 0 Å². The van der Waals surface area contributed by atoms with Gasteiger partial charge in [0.2, 0.25) is 0 Å². The first kappa shape index (κ1) is 13.9. The van der Waals surface area contributed by atoms with Crippen LogP contribution in [0, 0.1) is 5.82 Å². The summed E-state index contributed by atoms with van der Waals surface area (Å²) in [7, 11) is 0. The molecule has 0 saturated carbocycles. The Balaban J connectivity index is 2.66. The van der Waals surface area contributed by atoms with Crippen LogP contribution in [-0.2, 0) is 6.54 Å². The number of nitrogens with two attached hydrogens (primary N) is 1. The van der Waals surface area contributed by atoms with E-state index in [0.717, 1.165) is 5.82 Å². The standard InChI is InChI=1S/C14H17ClFN3/c1-4-19-13(17)12(18-14(19)8(2)3)9-6-5-7-10(15)11(9)16/h5-8H,4,17H2,1-3H3. The second kappa shape index (κ2) is 5.21. The van der Waals surface area contributed by atoms with Gasteiger partial charge in [-0.3, -0.25) is 0 Å². The third-order valence-electron chi connectivity index (χ3n) is 3.08. The number of anilines is 1. The van der Waals surface area contributed by atoms with Gasteiger partial charge in [-0.15, -0.1) is 0 Å². The molecule has 0 aliphatic rings. The molecule has 102 valence electrons. The summed E-state index contributed by atoms with van der Waals surface area (Å²) < 4.78 is 16.0. The van der Waals surface area contributed by atoms with Gasteiger partial charge in [-0.2, -0.15) is 0 Å². The van der Waals surface area contributed by atoms with E-state index in [1.807, 2.05) is 25.3 Å². The molecule has 2 aromatic rings. The predicted molar refractivity (Wildman–Crippen MR) is 76.8 cm³/mol. The van der Waals surface area contributed by atoms with Gasteiger partial charge in [-0.1, -0.05) is 31.5 Å². The zero-order valence-electron chi connectivity index (χ0n) is 11.2. The van der Waals surface area contributed by atoms with Crippen molar-refractivity contribution in [2.24, 2.45) is 0 Å². The molecule has 0 aliphatic heterocycles. The molecule has 0 saturated heterocycles. The average Bonchev–Trinajstić information content (AvgIpc) is 2.70. The fourth-order valence-electron chi connectivity index (χ4n) is 2.14. The van der Waals surface area contributed by atoms with Gasteiger partial charge < -0.3 is 10.3 Å². The number of imidazole rings is 1. The zero-order valence-corrected chi connectivity index (χ0v) is 12.0. The summed E-state index contributed by atoms with van der Waals surface area (Å²) in [5, 5.41) is 0.0778. The Morgan fingerprint density at radius 1 is 1.42 bits per heavy atom. The maximum atomic E-state index is 14.1. The van der Waals surface area contributed by atoms with Crippen LogP contribution in [0.3, 0.4) is 0 Å². The maximum absolute atomic E-state index is 14.1. The first-order valence-corrected chi connectivity index (χ1v) is 6.65. The number of nitrogen functional groups attached to an aromatic ring is 1. The molecule has 0 fully saturated rings. The van der Waals surface area contributed by atoms with Crippen molar-refractivity contribution in [1.29, 1.82) is 0 Å². The topological polar surface area (TPSA) is 43.8 Å². The highest BCUT2D eigenvalue weighted by Crippen LogP contribution is 2.33. The van der Waals surface area contributed by atoms with E-state index in [-0.39, 0.29) is 10.9 Å². The Labute approximate surface area is 117 Å². The molecule has 2 N–H and O–H groups in total. The van der Waals surface area contributed by atoms with E-state index < -0.39 is 5.82 Å². The van der Waals surface area contributed by atoms with Crippen LogP contribution in [0.15, 0.2) is 18.2 Å². The van der Waals surface area contributed by atoms with Crippen molar-refractivity contribution in [1.82, 2.24) is 9.55 Å². The molecule has 0 radical (unpaired) electrons. The molecule has 0 aliphatic carbocycles. The molecule has 1 heterocycles. The monoisotopic (exact) mass is 281 g/mol. The third kappa shape index (κ3) is 2.32. The van der Waals surface area contributed by atoms with E-state index in [0.29, 0.717) is 23.6 Å². The summed E-state index contributed by atoms with van der Waals surface area (Å²) in [6.45, 7) is 6.76. The van der Waals surface area contributed by atoms with Crippen LogP contribution < -0.4 is 5.73 Å². The number of benzene rings is 1. The number of hydrogen-bond acceptors (Lipinski definition) is 2. The van der Waals surface area contributed by atoms with E-state index >= 15 is 0 Å². The van der Waals surface area contributed by atoms with E-state index in [1.54, 1.807) is 12.1 Å². The van der Waals surface area contributed by atoms with Crippen molar-refractivity contribution in [2.75, 3.05) is 5.73 Å². The van der Waals surface area contributed by atoms with Crippen LogP contribution in [0.25, 0.3) is 11.3 Å². The molecule has 0 unspecified atom stereocenters. The lowest BCUT2D eigenvalue weighted by Crippen LogP contribution is -2.06. The first-order chi connectivity index (χ1) is 8.97. The third-order valence-corrected chi connectivity index (χ3v) is 3.37. The first-order valence-electron chi connectivity index (χ1n) is 6.27. The Kier molecular flexibility index (Phi) is 3.80. The lowest BCUT2D eigenvalue weighted by atomic mass is 10.1. The Bertz CT molecular complexity index is 605. The fraction of sp³-hybridized carbons (Fsp3) is 0.357. The second-order valence-electron chi connectivity index (χ2n) is 4.70. The van der Waals surface area contributed by atoms with E-state index in [4.69, 9.17) is 17.3 Å². The molecule has 0 atom stereocenters. The Morgan fingerprint density at radius 3 is 2.63 bits per heavy atom. The smallest absolute Gasteiger partial charge is 0.151 e. The highest BCUT2D eigenvalue weighted by molar-refractivity contribution is 6.31. The lowest BCUT2D eigenvalue weighted by molar-refractivity contribution is 0.631. The summed E-state index contributed by atoms with van der Waals surface area (Å²) in [5.74, 6) is 1.08. The summed E-state index contributed by atoms with van der Waals surface area (Å²) in [5.41, 5.74) is 6.90. The van der Waals surface area contributed by atoms with Crippen molar-refractivity contribution in [2.45, 2.75) is 33.2 Å². The molecular formula is C14H17ClFN3. The van der Waals surface area contributed by atoms with Crippen molar-refractivity contribution >= 4 is 17.4 Å². The predicted octanol–water partition coefficient (Wildman–Crippen LogP) is 4.07. The molecule has 1 aromatic heterocycles. The number of halogens is 2. The van der Waals surface area contributed by atoms with Crippen molar-refractivity contribution in [3.05, 3.63) is 34.9 Å². The van der Waals surface area contributed by atoms with Crippen molar-refractivity contribution < 1.29 is 4.39 Å². The van der Waals surface area contributed by atoms with Crippen LogP contribution in [0.1, 0.15) is 32.5 Å². The summed E-state index contributed by atoms with van der Waals surface area (Å²) in [6.07, 6.45) is 0. The van der Waals surface area contributed by atoms with Gasteiger partial charge in [0, 0.05) is 18.0 Å². The molecule has 19 heavy (non-hydrogen) atoms. The molecule has 2 rings (SSSR count). The minimum absolute atomic E-state index is 0.0778. The Morgan fingerprint density at radius 2 is 2.11 bits per heavy atom. The molecule has 0 amide bonds. The number of nitrogens with zero attached hydrogens (tertiary/aromatic N) is 2. The van der Waals surface area contributed by atoms with E-state index in [2.05, 4.69) is 4.98 Å². The average molecular weight is 282 g/mol. The van der Waals surface area contributed by atoms with Gasteiger partial charge >= 0.3 is 0 Å². The van der Waals surface area contributed by atoms with Crippen LogP contribution >= 0.6 is 11.6 Å². The minimum atomic E-state index is -0.480. The summed E-state index contributed by atoms with van der Waals surface area (Å²) >= 11 is 5.81. The summed E-state index contributed by atoms with van der Waals surface area (Å²) in [4.78, 5) is 4.49. The molecule has 1 aromatic carbocycles. The van der Waals surface area contributed by atoms with Crippen LogP contribution in [0.5, 0.6) is 0 Å². The normalized spacial score (nSPS) is 11.3. The molecule has 5 heteroatoms. The Hall–Kier alpha value is -1.55. The highest BCUT2D eigenvalue weighted by atomic mass is 35.5. The summed E-state index contributed by atoms with van der Waals surface area (Å²) in [6, 6.07) is 4.85. The number of aromatic nitrogens is 2. The second-order valence-corrected chi connectivity index (χ2v) is 5.11. The van der Waals surface area contributed by atoms with Gasteiger partial charge in [0.05, 0.1) is 5.02 Å². The molecule has 0 spiro atoms. The van der Waals surface area contributed by atoms with Crippen molar-refractivity contribution in [3.63, 3.8) is 0 Å². The molecule has 0 bridgehead atoms. The van der Waals surface area contributed by atoms with Crippen molar-refractivity contribution in [3.8, 4) is 11.3 Å². The van der Waals surface area contributed by atoms with Crippen LogP contribution in [0.4, 0.5) is 10.2 Å². The van der Waals surface area contributed by atoms with Gasteiger partial charge in [-0.05, 0) is 19.1 Å². The van der Waals surface area contributed by atoms with E-state index in [9.17, 15) is 4.39 Å². The minimum Gasteiger partial charge on any atom is -0.383 e. The maximum Gasteiger partial charge on any atom is 0.151 e. The number of hydrogen-bond donors (Lipinski definition) is 1. The van der Waals surface area contributed by atoms with Crippen LogP contribution in [0.2, 0.25) is 5.02 Å². The van der Waals surface area contributed by atoms with E-state index in [1.165, 1.54) is 6.07 Å². The van der Waals surface area contributed by atoms with Gasteiger partial charge in [0.15, 0.2) is 5.82 Å². The van der Waals surface area contributed by atoms with Gasteiger partial charge in [0.1, 0.15) is 17.3 Å². The fourth-order valence-corrected chi connectivity index (χ4v) is 2.32. The SMILES string of the molecule is CCn1c(C(C)C)nc(-c2cccc(Cl)c2F)c1N. The quantitative estimate of drug-likeness (QED) is 0.922. The van der Waals surface area contributed by atoms with Gasteiger partial charge in [-0.25, -0.2) is 9.37 Å². The molecule has 3 nitrogen and oxygen atoms in total. The lowest BCUT2D eigenvalue weighted by Gasteiger charge is -2.08. The van der Waals surface area contributed by atoms with Crippen LogP contribution in [-0.4, -0.2) is 9.55 Å². The molecular weight excluding hydrogens is 265 g/mol. The highest BCUT2D eigenvalue weighted by Gasteiger charge is 2.20. The number of rotatable bonds is 3. The largest absolute Gasteiger partial charge is 0.383 e.